The summed E-state index contributed by atoms with van der Waals surface area (Å²) >= 11 is 12.4. The van der Waals surface area contributed by atoms with E-state index in [9.17, 15) is 30.7 Å². The molecule has 0 radical (unpaired) electrons. The van der Waals surface area contributed by atoms with Crippen molar-refractivity contribution in [2.75, 3.05) is 0 Å². The Morgan fingerprint density at radius 3 is 0.929 bits per heavy atom. The second kappa shape index (κ2) is 3.45. The normalized spacial score (nSPS) is 19.3. The van der Waals surface area contributed by atoms with Crippen LogP contribution in [0.15, 0.2) is 0 Å². The van der Waals surface area contributed by atoms with Crippen LogP contribution in [0.2, 0.25) is 0 Å². The molecule has 0 saturated heterocycles. The van der Waals surface area contributed by atoms with Crippen molar-refractivity contribution < 1.29 is 30.7 Å². The fourth-order valence-corrected chi connectivity index (χ4v) is 0.677. The molecule has 0 amide bonds. The second-order valence-electron chi connectivity index (χ2n) is 2.14. The van der Waals surface area contributed by atoms with Crippen molar-refractivity contribution in [3.8, 4) is 0 Å². The van der Waals surface area contributed by atoms with E-state index in [1.54, 1.807) is 0 Å². The molecule has 14 heavy (non-hydrogen) atoms. The van der Waals surface area contributed by atoms with Crippen molar-refractivity contribution in [1.82, 2.24) is 0 Å². The Kier molecular flexibility index (Phi) is 3.54. The molecule has 0 saturated carbocycles. The molecule has 0 aromatic heterocycles. The van der Waals surface area contributed by atoms with Gasteiger partial charge in [-0.1, -0.05) is 34.8 Å². The predicted molar refractivity (Wildman–Crippen MR) is 36.2 cm³/mol. The third-order valence-corrected chi connectivity index (χ3v) is 2.75. The monoisotopic (exact) mass is 286 g/mol. The molecule has 10 heteroatoms. The van der Waals surface area contributed by atoms with Crippen LogP contribution in [0.3, 0.4) is 0 Å². The van der Waals surface area contributed by atoms with Crippen molar-refractivity contribution in [3.63, 3.8) is 0 Å². The lowest BCUT2D eigenvalue weighted by Crippen LogP contribution is -2.57. The zero-order valence-corrected chi connectivity index (χ0v) is 8.05. The first-order chi connectivity index (χ1) is 5.75. The van der Waals surface area contributed by atoms with Gasteiger partial charge in [0.2, 0.25) is 0 Å². The maximum atomic E-state index is 12.5. The van der Waals surface area contributed by atoms with Gasteiger partial charge < -0.3 is 0 Å². The third-order valence-electron chi connectivity index (χ3n) is 1.11. The van der Waals surface area contributed by atoms with E-state index >= 15 is 0 Å². The first-order valence-corrected chi connectivity index (χ1v) is 3.77. The highest BCUT2D eigenvalue weighted by Crippen LogP contribution is 2.57. The molecule has 0 aliphatic heterocycles. The average Bonchev–Trinajstić information content (AvgIpc) is 1.81. The minimum Gasteiger partial charge on any atom is -0.212 e. The fraction of sp³-hybridized carbons (Fsp3) is 1.00. The van der Waals surface area contributed by atoms with Crippen LogP contribution in [0.4, 0.5) is 30.7 Å². The van der Waals surface area contributed by atoms with E-state index in [0.717, 1.165) is 0 Å². The van der Waals surface area contributed by atoms with E-state index in [2.05, 4.69) is 34.8 Å². The number of alkyl halides is 10. The molecule has 0 aromatic rings. The van der Waals surface area contributed by atoms with Crippen LogP contribution in [-0.4, -0.2) is 21.8 Å². The molecule has 0 rings (SSSR count). The van der Waals surface area contributed by atoms with Gasteiger partial charge in [0.05, 0.1) is 0 Å². The molecule has 1 atom stereocenters. The Bertz CT molecular complexity index is 190. The van der Waals surface area contributed by atoms with Crippen LogP contribution in [-0.2, 0) is 0 Å². The minimum absolute atomic E-state index is 4.01. The summed E-state index contributed by atoms with van der Waals surface area (Å²) in [5.41, 5.74) is 0. The van der Waals surface area contributed by atoms with Gasteiger partial charge in [-0.15, -0.1) is 0 Å². The molecule has 0 N–H and O–H groups in total. The van der Waals surface area contributed by atoms with Crippen LogP contribution in [0, 0.1) is 0 Å². The van der Waals surface area contributed by atoms with Gasteiger partial charge in [0.25, 0.3) is 4.33 Å². The number of rotatable bonds is 1. The average molecular weight is 287 g/mol. The maximum Gasteiger partial charge on any atom is 0.440 e. The molecule has 0 aliphatic rings. The second-order valence-corrected chi connectivity index (χ2v) is 3.99. The van der Waals surface area contributed by atoms with Crippen molar-refractivity contribution in [2.24, 2.45) is 0 Å². The van der Waals surface area contributed by atoms with Gasteiger partial charge in [0, 0.05) is 0 Å². The summed E-state index contributed by atoms with van der Waals surface area (Å²) in [5, 5.41) is -5.30. The standard InChI is InChI=1S/C4Cl3F7/c5-1(6,3(9,10)11)2(7,8)4(12,13)14/t2-/m0/s1. The molecule has 0 spiro atoms. The number of halogens is 10. The maximum absolute atomic E-state index is 12.5. The van der Waals surface area contributed by atoms with E-state index in [1.807, 2.05) is 0 Å². The summed E-state index contributed by atoms with van der Waals surface area (Å²) in [4.78, 5) is 0. The van der Waals surface area contributed by atoms with Gasteiger partial charge in [0.15, 0.2) is 0 Å². The van der Waals surface area contributed by atoms with Gasteiger partial charge in [-0.25, -0.2) is 4.39 Å². The van der Waals surface area contributed by atoms with Crippen LogP contribution < -0.4 is 0 Å². The van der Waals surface area contributed by atoms with Crippen LogP contribution in [0.25, 0.3) is 0 Å². The summed E-state index contributed by atoms with van der Waals surface area (Å²) in [6.07, 6.45) is -11.9. The third kappa shape index (κ3) is 2.14. The fourth-order valence-electron chi connectivity index (χ4n) is 0.356. The van der Waals surface area contributed by atoms with Gasteiger partial charge in [-0.2, -0.15) is 26.3 Å². The van der Waals surface area contributed by atoms with E-state index in [0.29, 0.717) is 0 Å². The van der Waals surface area contributed by atoms with Gasteiger partial charge in [0.1, 0.15) is 0 Å². The van der Waals surface area contributed by atoms with Crippen molar-refractivity contribution in [3.05, 3.63) is 0 Å². The Morgan fingerprint density at radius 2 is 0.857 bits per heavy atom. The molecule has 0 unspecified atom stereocenters. The molecule has 0 aromatic carbocycles. The lowest BCUT2D eigenvalue weighted by atomic mass is 10.2. The highest BCUT2D eigenvalue weighted by molar-refractivity contribution is 6.54. The van der Waals surface area contributed by atoms with Gasteiger partial charge in [-0.3, -0.25) is 0 Å². The highest BCUT2D eigenvalue weighted by atomic mass is 35.5. The number of hydrogen-bond acceptors (Lipinski definition) is 0. The van der Waals surface area contributed by atoms with E-state index in [4.69, 9.17) is 0 Å². The first-order valence-electron chi connectivity index (χ1n) is 2.64. The summed E-state index contributed by atoms with van der Waals surface area (Å²) in [5.74, 6) is 0. The number of hydrogen-bond donors (Lipinski definition) is 0. The molecular formula is C4Cl3F7. The minimum atomic E-state index is -6.05. The van der Waals surface area contributed by atoms with Crippen molar-refractivity contribution in [1.29, 1.82) is 0 Å². The Hall–Kier alpha value is 0.380. The van der Waals surface area contributed by atoms with Crippen molar-refractivity contribution in [2.45, 2.75) is 21.8 Å². The smallest absolute Gasteiger partial charge is 0.212 e. The Balaban J connectivity index is 5.30. The zero-order valence-electron chi connectivity index (χ0n) is 5.78. The molecule has 0 nitrogen and oxygen atoms in total. The quantitative estimate of drug-likeness (QED) is 0.501. The lowest BCUT2D eigenvalue weighted by Gasteiger charge is -2.33. The molecule has 86 valence electrons. The first kappa shape index (κ1) is 14.4. The summed E-state index contributed by atoms with van der Waals surface area (Å²) in [6.45, 7) is 0. The summed E-state index contributed by atoms with van der Waals surface area (Å²) in [6, 6.07) is 0. The largest absolute Gasteiger partial charge is 0.440 e. The molecule has 0 heterocycles. The van der Waals surface area contributed by atoms with Crippen LogP contribution >= 0.6 is 34.8 Å². The summed E-state index contributed by atoms with van der Waals surface area (Å²) in [7, 11) is 0. The highest BCUT2D eigenvalue weighted by Gasteiger charge is 2.77. The van der Waals surface area contributed by atoms with Crippen LogP contribution in [0.1, 0.15) is 0 Å². The Morgan fingerprint density at radius 1 is 0.571 bits per heavy atom. The predicted octanol–water partition coefficient (Wildman–Crippen LogP) is 4.19. The SMILES string of the molecule is FC(F)(F)C(Cl)(Cl)[C@@](F)(Cl)C(F)(F)F. The van der Waals surface area contributed by atoms with Crippen LogP contribution in [0.5, 0.6) is 0 Å². The molecular weight excluding hydrogens is 287 g/mol. The van der Waals surface area contributed by atoms with E-state index in [-0.39, 0.29) is 0 Å². The van der Waals surface area contributed by atoms with Crippen molar-refractivity contribution >= 4 is 34.8 Å². The molecule has 0 fully saturated rings. The summed E-state index contributed by atoms with van der Waals surface area (Å²) < 4.78 is 78.1. The van der Waals surface area contributed by atoms with Gasteiger partial charge >= 0.3 is 17.5 Å². The topological polar surface area (TPSA) is 0 Å². The van der Waals surface area contributed by atoms with Gasteiger partial charge in [-0.05, 0) is 0 Å². The lowest BCUT2D eigenvalue weighted by molar-refractivity contribution is -0.244. The zero-order chi connectivity index (χ0) is 12.0. The van der Waals surface area contributed by atoms with E-state index in [1.165, 1.54) is 0 Å². The van der Waals surface area contributed by atoms with E-state index < -0.39 is 21.8 Å². The Labute approximate surface area is 87.9 Å². The molecule has 0 aliphatic carbocycles. The molecule has 0 bridgehead atoms.